The van der Waals surface area contributed by atoms with Crippen LogP contribution in [0.25, 0.3) is 0 Å². The monoisotopic (exact) mass is 631 g/mol. The zero-order chi connectivity index (χ0) is 26.5. The van der Waals surface area contributed by atoms with Gasteiger partial charge in [-0.3, -0.25) is 14.5 Å². The van der Waals surface area contributed by atoms with Gasteiger partial charge in [0, 0.05) is 15.8 Å². The van der Waals surface area contributed by atoms with Crippen molar-refractivity contribution >= 4 is 69.1 Å². The van der Waals surface area contributed by atoms with Gasteiger partial charge in [-0.05, 0) is 108 Å². The highest BCUT2D eigenvalue weighted by molar-refractivity contribution is 14.1. The third kappa shape index (κ3) is 6.31. The molecule has 1 unspecified atom stereocenters. The highest BCUT2D eigenvalue weighted by atomic mass is 127. The summed E-state index contributed by atoms with van der Waals surface area (Å²) in [6.45, 7) is 2.18. The molecular weight excluding hydrogens is 608 g/mol. The zero-order valence-corrected chi connectivity index (χ0v) is 22.8. The topological polar surface area (TPSA) is 78.9 Å². The molecule has 1 saturated heterocycles. The van der Waals surface area contributed by atoms with Crippen LogP contribution in [0.3, 0.4) is 0 Å². The third-order valence-corrected chi connectivity index (χ3v) is 6.86. The van der Waals surface area contributed by atoms with E-state index >= 15 is 0 Å². The standard InChI is InChI=1S/C27H23FIN3O4S/c1-2-36-26(35)18-5-13-22(14-6-18)32-25(34)23(15-24(33)30-21-11-9-20(29)10-12-21)31(27(32)37)16-17-3-7-19(28)8-4-17/h3-14,23H,2,15-16H2,1H3,(H,30,33). The van der Waals surface area contributed by atoms with Gasteiger partial charge in [-0.25, -0.2) is 9.18 Å². The van der Waals surface area contributed by atoms with Crippen LogP contribution in [-0.2, 0) is 20.9 Å². The number of anilines is 2. The predicted octanol–water partition coefficient (Wildman–Crippen LogP) is 5.14. The van der Waals surface area contributed by atoms with Crippen LogP contribution in [0, 0.1) is 9.39 Å². The van der Waals surface area contributed by atoms with Gasteiger partial charge in [0.2, 0.25) is 5.91 Å². The molecule has 0 bridgehead atoms. The Labute approximate surface area is 232 Å². The number of carbonyl (C=O) groups is 3. The molecule has 190 valence electrons. The van der Waals surface area contributed by atoms with Crippen LogP contribution in [0.2, 0.25) is 0 Å². The van der Waals surface area contributed by atoms with Crippen molar-refractivity contribution in [2.75, 3.05) is 16.8 Å². The number of rotatable bonds is 8. The third-order valence-electron chi connectivity index (χ3n) is 5.73. The summed E-state index contributed by atoms with van der Waals surface area (Å²) in [5.74, 6) is -1.55. The van der Waals surface area contributed by atoms with Crippen molar-refractivity contribution in [3.63, 3.8) is 0 Å². The van der Waals surface area contributed by atoms with E-state index in [0.29, 0.717) is 16.9 Å². The molecule has 3 aromatic carbocycles. The molecule has 1 aliphatic heterocycles. The van der Waals surface area contributed by atoms with Crippen molar-refractivity contribution in [1.29, 1.82) is 0 Å². The lowest BCUT2D eigenvalue weighted by Gasteiger charge is -2.24. The minimum absolute atomic E-state index is 0.135. The molecule has 0 saturated carbocycles. The number of halogens is 2. The van der Waals surface area contributed by atoms with Crippen LogP contribution in [0.4, 0.5) is 15.8 Å². The molecule has 1 N–H and O–H groups in total. The number of hydrogen-bond donors (Lipinski definition) is 1. The Hall–Kier alpha value is -3.38. The minimum atomic E-state index is -0.869. The average molecular weight is 631 g/mol. The minimum Gasteiger partial charge on any atom is -0.462 e. The summed E-state index contributed by atoms with van der Waals surface area (Å²) in [5.41, 5.74) is 2.17. The van der Waals surface area contributed by atoms with E-state index in [-0.39, 0.29) is 42.3 Å². The number of amides is 2. The lowest BCUT2D eigenvalue weighted by molar-refractivity contribution is -0.124. The molecule has 0 aromatic heterocycles. The van der Waals surface area contributed by atoms with Crippen molar-refractivity contribution in [3.05, 3.63) is 93.3 Å². The summed E-state index contributed by atoms with van der Waals surface area (Å²) in [6, 6.07) is 18.7. The van der Waals surface area contributed by atoms with Crippen molar-refractivity contribution in [1.82, 2.24) is 4.90 Å². The number of benzene rings is 3. The van der Waals surface area contributed by atoms with E-state index in [1.807, 2.05) is 12.1 Å². The van der Waals surface area contributed by atoms with Gasteiger partial charge < -0.3 is 15.0 Å². The van der Waals surface area contributed by atoms with Crippen LogP contribution in [0.5, 0.6) is 0 Å². The molecule has 0 aliphatic carbocycles. The van der Waals surface area contributed by atoms with Crippen molar-refractivity contribution in [3.8, 4) is 0 Å². The number of ether oxygens (including phenoxy) is 1. The second-order valence-corrected chi connectivity index (χ2v) is 9.86. The molecule has 4 rings (SSSR count). The Balaban J connectivity index is 1.59. The van der Waals surface area contributed by atoms with Gasteiger partial charge in [0.15, 0.2) is 5.11 Å². The molecule has 1 atom stereocenters. The van der Waals surface area contributed by atoms with Crippen LogP contribution in [0.1, 0.15) is 29.3 Å². The Bertz CT molecular complexity index is 1320. The van der Waals surface area contributed by atoms with Crippen LogP contribution < -0.4 is 10.2 Å². The molecule has 7 nitrogen and oxygen atoms in total. The molecule has 10 heteroatoms. The maximum Gasteiger partial charge on any atom is 0.338 e. The molecule has 37 heavy (non-hydrogen) atoms. The summed E-state index contributed by atoms with van der Waals surface area (Å²) in [7, 11) is 0. The highest BCUT2D eigenvalue weighted by Crippen LogP contribution is 2.29. The van der Waals surface area contributed by atoms with Gasteiger partial charge in [0.25, 0.3) is 5.91 Å². The van der Waals surface area contributed by atoms with Gasteiger partial charge in [0.1, 0.15) is 11.9 Å². The largest absolute Gasteiger partial charge is 0.462 e. The summed E-state index contributed by atoms with van der Waals surface area (Å²) in [5, 5.41) is 3.04. The van der Waals surface area contributed by atoms with Crippen LogP contribution in [0.15, 0.2) is 72.8 Å². The van der Waals surface area contributed by atoms with E-state index in [4.69, 9.17) is 17.0 Å². The molecule has 1 heterocycles. The highest BCUT2D eigenvalue weighted by Gasteiger charge is 2.44. The van der Waals surface area contributed by atoms with E-state index in [9.17, 15) is 18.8 Å². The molecule has 3 aromatic rings. The summed E-state index contributed by atoms with van der Waals surface area (Å²) in [4.78, 5) is 41.5. The smallest absolute Gasteiger partial charge is 0.338 e. The van der Waals surface area contributed by atoms with E-state index in [1.54, 1.807) is 60.4 Å². The average Bonchev–Trinajstić information content (AvgIpc) is 3.10. The molecule has 2 amide bonds. The van der Waals surface area contributed by atoms with Crippen molar-refractivity contribution in [2.45, 2.75) is 25.9 Å². The number of nitrogens with one attached hydrogen (secondary N) is 1. The molecule has 0 radical (unpaired) electrons. The lowest BCUT2D eigenvalue weighted by Crippen LogP contribution is -2.37. The predicted molar refractivity (Wildman–Crippen MR) is 151 cm³/mol. The van der Waals surface area contributed by atoms with Crippen LogP contribution in [-0.4, -0.2) is 40.4 Å². The number of hydrogen-bond acceptors (Lipinski definition) is 5. The van der Waals surface area contributed by atoms with E-state index in [0.717, 1.165) is 9.13 Å². The van der Waals surface area contributed by atoms with Crippen molar-refractivity contribution < 1.29 is 23.5 Å². The number of nitrogens with zero attached hydrogens (tertiary/aromatic N) is 2. The lowest BCUT2D eigenvalue weighted by atomic mass is 10.1. The quantitative estimate of drug-likeness (QED) is 0.211. The zero-order valence-electron chi connectivity index (χ0n) is 19.8. The van der Waals surface area contributed by atoms with Gasteiger partial charge in [-0.2, -0.15) is 0 Å². The molecule has 0 spiro atoms. The fourth-order valence-electron chi connectivity index (χ4n) is 3.92. The van der Waals surface area contributed by atoms with Gasteiger partial charge >= 0.3 is 5.97 Å². The summed E-state index contributed by atoms with van der Waals surface area (Å²) in [6.07, 6.45) is -0.135. The Morgan fingerprint density at radius 1 is 1.03 bits per heavy atom. The molecule has 1 fully saturated rings. The maximum atomic E-state index is 13.6. The van der Waals surface area contributed by atoms with Crippen molar-refractivity contribution in [2.24, 2.45) is 0 Å². The summed E-state index contributed by atoms with van der Waals surface area (Å²) >= 11 is 7.85. The normalized spacial score (nSPS) is 15.2. The first-order chi connectivity index (χ1) is 17.8. The van der Waals surface area contributed by atoms with E-state index in [1.165, 1.54) is 17.0 Å². The Morgan fingerprint density at radius 3 is 2.30 bits per heavy atom. The SMILES string of the molecule is CCOC(=O)c1ccc(N2C(=O)C(CC(=O)Nc3ccc(I)cc3)N(Cc3ccc(F)cc3)C2=S)cc1. The van der Waals surface area contributed by atoms with Crippen LogP contribution >= 0.6 is 34.8 Å². The molecule has 1 aliphatic rings. The van der Waals surface area contributed by atoms with E-state index < -0.39 is 12.0 Å². The van der Waals surface area contributed by atoms with Gasteiger partial charge in [-0.15, -0.1) is 0 Å². The van der Waals surface area contributed by atoms with E-state index in [2.05, 4.69) is 27.9 Å². The van der Waals surface area contributed by atoms with Gasteiger partial charge in [0.05, 0.1) is 24.3 Å². The first-order valence-electron chi connectivity index (χ1n) is 11.5. The fraction of sp³-hybridized carbons (Fsp3) is 0.185. The number of esters is 1. The molecular formula is C27H23FIN3O4S. The summed E-state index contributed by atoms with van der Waals surface area (Å²) < 4.78 is 19.5. The maximum absolute atomic E-state index is 13.6. The first kappa shape index (κ1) is 26.7. The second-order valence-electron chi connectivity index (χ2n) is 8.25. The number of thiocarbonyl (C=S) groups is 1. The second kappa shape index (κ2) is 11.8. The fourth-order valence-corrected chi connectivity index (χ4v) is 4.67. The number of carbonyl (C=O) groups excluding carboxylic acids is 3. The Morgan fingerprint density at radius 2 is 1.68 bits per heavy atom. The Kier molecular flexibility index (Phi) is 8.49. The van der Waals surface area contributed by atoms with Gasteiger partial charge in [-0.1, -0.05) is 12.1 Å². The first-order valence-corrected chi connectivity index (χ1v) is 13.0.